The summed E-state index contributed by atoms with van der Waals surface area (Å²) in [6.45, 7) is 8.10. The van der Waals surface area contributed by atoms with E-state index in [1.165, 1.54) is 0 Å². The van der Waals surface area contributed by atoms with Gasteiger partial charge in [0.2, 0.25) is 0 Å². The van der Waals surface area contributed by atoms with Gasteiger partial charge in [-0.1, -0.05) is 24.2 Å². The lowest BCUT2D eigenvalue weighted by Gasteiger charge is -2.25. The fourth-order valence-electron chi connectivity index (χ4n) is 4.34. The van der Waals surface area contributed by atoms with Gasteiger partial charge in [0, 0.05) is 36.9 Å². The van der Waals surface area contributed by atoms with Crippen molar-refractivity contribution in [2.75, 3.05) is 38.7 Å². The van der Waals surface area contributed by atoms with Crippen LogP contribution in [0.1, 0.15) is 36.8 Å². The Morgan fingerprint density at radius 1 is 1.20 bits per heavy atom. The molecule has 1 unspecified atom stereocenters. The monoisotopic (exact) mass is 481 g/mol. The average Bonchev–Trinajstić information content (AvgIpc) is 3.21. The van der Waals surface area contributed by atoms with Crippen LogP contribution in [0.5, 0.6) is 5.75 Å². The Morgan fingerprint density at radius 2 is 2.00 bits per heavy atom. The molecule has 0 aliphatic carbocycles. The van der Waals surface area contributed by atoms with Crippen LogP contribution in [0.4, 0.5) is 5.82 Å². The van der Waals surface area contributed by atoms with Gasteiger partial charge in [-0.2, -0.15) is 0 Å². The Hall–Kier alpha value is -3.01. The molecule has 0 saturated carbocycles. The number of aromatic nitrogens is 3. The minimum absolute atomic E-state index is 0.195. The van der Waals surface area contributed by atoms with E-state index < -0.39 is 6.10 Å². The van der Waals surface area contributed by atoms with Crippen LogP contribution < -0.4 is 15.4 Å². The Kier molecular flexibility index (Phi) is 8.33. The maximum Gasteiger partial charge on any atom is 0.162 e. The third-order valence-electron chi connectivity index (χ3n) is 6.17. The second-order valence-corrected chi connectivity index (χ2v) is 8.86. The molecule has 1 fully saturated rings. The van der Waals surface area contributed by atoms with Gasteiger partial charge in [-0.05, 0) is 52.3 Å². The minimum Gasteiger partial charge on any atom is -0.491 e. The number of hydrogen-bond acceptors (Lipinski definition) is 9. The predicted molar refractivity (Wildman–Crippen MR) is 135 cm³/mol. The van der Waals surface area contributed by atoms with Crippen LogP contribution in [0.2, 0.25) is 0 Å². The number of aliphatic hydroxyl groups is 1. The summed E-state index contributed by atoms with van der Waals surface area (Å²) in [5.74, 6) is 2.80. The number of aryl methyl sites for hydroxylation is 2. The van der Waals surface area contributed by atoms with Crippen molar-refractivity contribution in [2.24, 2.45) is 0 Å². The number of aliphatic hydroxyl groups excluding tert-OH is 1. The summed E-state index contributed by atoms with van der Waals surface area (Å²) < 4.78 is 16.8. The Balaban J connectivity index is 1.75. The summed E-state index contributed by atoms with van der Waals surface area (Å²) in [6.07, 6.45) is 2.03. The summed E-state index contributed by atoms with van der Waals surface area (Å²) in [6, 6.07) is 7.94. The molecule has 3 heterocycles. The second kappa shape index (κ2) is 11.6. The van der Waals surface area contributed by atoms with Gasteiger partial charge in [0.1, 0.15) is 30.0 Å². The van der Waals surface area contributed by atoms with Crippen molar-refractivity contribution in [1.29, 1.82) is 0 Å². The van der Waals surface area contributed by atoms with E-state index in [1.807, 2.05) is 38.1 Å². The highest BCUT2D eigenvalue weighted by atomic mass is 16.5. The maximum atomic E-state index is 10.00. The molecule has 188 valence electrons. The molecule has 0 amide bonds. The number of anilines is 1. The lowest BCUT2D eigenvalue weighted by atomic mass is 10.0. The van der Waals surface area contributed by atoms with E-state index in [4.69, 9.17) is 24.0 Å². The molecule has 1 saturated heterocycles. The molecular weight excluding hydrogens is 446 g/mol. The van der Waals surface area contributed by atoms with E-state index >= 15 is 0 Å². The van der Waals surface area contributed by atoms with Gasteiger partial charge in [0.05, 0.1) is 17.0 Å². The zero-order valence-electron chi connectivity index (χ0n) is 20.9. The second-order valence-electron chi connectivity index (χ2n) is 8.86. The molecule has 1 aliphatic rings. The molecule has 1 atom stereocenters. The Labute approximate surface area is 206 Å². The average molecular weight is 482 g/mol. The first-order valence-electron chi connectivity index (χ1n) is 12.2. The molecular formula is C26H35N5O4. The highest BCUT2D eigenvalue weighted by molar-refractivity contribution is 5.75. The van der Waals surface area contributed by atoms with Gasteiger partial charge in [-0.15, -0.1) is 0 Å². The normalized spacial score (nSPS) is 15.2. The number of ether oxygens (including phenoxy) is 2. The third kappa shape index (κ3) is 5.98. The molecule has 3 N–H and O–H groups in total. The van der Waals surface area contributed by atoms with E-state index in [9.17, 15) is 5.11 Å². The van der Waals surface area contributed by atoms with Gasteiger partial charge in [0.25, 0.3) is 0 Å². The molecule has 4 rings (SSSR count). The number of likely N-dealkylation sites (N-methyl/N-ethyl adjacent to an activating group) is 1. The standard InChI is InChI=1S/C26H35N5O4/c1-5-22-24(23-16(2)31-35-17(23)3)29-25(30-26(22)28-19-9-11-33-12-10-19)18-7-6-8-21(13-18)34-15-20(32)14-27-4/h6-8,13,19-20,27,32H,5,9-12,14-15H2,1-4H3,(H,28,29,30). The van der Waals surface area contributed by atoms with Crippen molar-refractivity contribution >= 4 is 5.82 Å². The third-order valence-corrected chi connectivity index (χ3v) is 6.17. The molecule has 3 aromatic rings. The van der Waals surface area contributed by atoms with Crippen LogP contribution >= 0.6 is 0 Å². The zero-order chi connectivity index (χ0) is 24.8. The van der Waals surface area contributed by atoms with Gasteiger partial charge < -0.3 is 29.7 Å². The van der Waals surface area contributed by atoms with E-state index in [2.05, 4.69) is 22.7 Å². The van der Waals surface area contributed by atoms with Crippen LogP contribution in [0.3, 0.4) is 0 Å². The lowest BCUT2D eigenvalue weighted by Crippen LogP contribution is -2.29. The fourth-order valence-corrected chi connectivity index (χ4v) is 4.34. The van der Waals surface area contributed by atoms with Crippen LogP contribution in [-0.2, 0) is 11.2 Å². The van der Waals surface area contributed by atoms with Crippen molar-refractivity contribution in [2.45, 2.75) is 52.2 Å². The van der Waals surface area contributed by atoms with Gasteiger partial charge in [-0.3, -0.25) is 0 Å². The van der Waals surface area contributed by atoms with Gasteiger partial charge in [0.15, 0.2) is 5.82 Å². The zero-order valence-corrected chi connectivity index (χ0v) is 20.9. The molecule has 9 nitrogen and oxygen atoms in total. The van der Waals surface area contributed by atoms with Crippen molar-refractivity contribution < 1.29 is 19.1 Å². The van der Waals surface area contributed by atoms with Crippen molar-refractivity contribution in [3.05, 3.63) is 41.3 Å². The number of benzene rings is 1. The largest absolute Gasteiger partial charge is 0.491 e. The smallest absolute Gasteiger partial charge is 0.162 e. The number of nitrogens with zero attached hydrogens (tertiary/aromatic N) is 3. The van der Waals surface area contributed by atoms with Gasteiger partial charge >= 0.3 is 0 Å². The Morgan fingerprint density at radius 3 is 2.69 bits per heavy atom. The molecule has 35 heavy (non-hydrogen) atoms. The van der Waals surface area contributed by atoms with E-state index in [0.717, 1.165) is 72.1 Å². The number of rotatable bonds is 10. The van der Waals surface area contributed by atoms with Crippen molar-refractivity contribution in [3.63, 3.8) is 0 Å². The van der Waals surface area contributed by atoms with Crippen molar-refractivity contribution in [1.82, 2.24) is 20.4 Å². The highest BCUT2D eigenvalue weighted by Gasteiger charge is 2.23. The van der Waals surface area contributed by atoms with E-state index in [1.54, 1.807) is 7.05 Å². The topological polar surface area (TPSA) is 115 Å². The van der Waals surface area contributed by atoms with E-state index in [0.29, 0.717) is 18.1 Å². The molecule has 0 radical (unpaired) electrons. The molecule has 9 heteroatoms. The molecule has 0 bridgehead atoms. The first-order chi connectivity index (χ1) is 17.0. The molecule has 2 aromatic heterocycles. The summed E-state index contributed by atoms with van der Waals surface area (Å²) in [5.41, 5.74) is 4.41. The number of nitrogens with one attached hydrogen (secondary N) is 2. The predicted octanol–water partition coefficient (Wildman–Crippen LogP) is 3.53. The fraction of sp³-hybridized carbons (Fsp3) is 0.500. The molecule has 1 aromatic carbocycles. The maximum absolute atomic E-state index is 10.00. The SMILES string of the molecule is CCc1c(NC2CCOCC2)nc(-c2cccc(OCC(O)CNC)c2)nc1-c1c(C)noc1C. The summed E-state index contributed by atoms with van der Waals surface area (Å²) in [7, 11) is 1.80. The van der Waals surface area contributed by atoms with E-state index in [-0.39, 0.29) is 12.6 Å². The van der Waals surface area contributed by atoms with Crippen LogP contribution in [0, 0.1) is 13.8 Å². The lowest BCUT2D eigenvalue weighted by molar-refractivity contribution is 0.0903. The van der Waals surface area contributed by atoms with Gasteiger partial charge in [-0.25, -0.2) is 9.97 Å². The first kappa shape index (κ1) is 25.1. The molecule has 1 aliphatic heterocycles. The van der Waals surface area contributed by atoms with Crippen LogP contribution in [0.25, 0.3) is 22.6 Å². The summed E-state index contributed by atoms with van der Waals surface area (Å²) in [4.78, 5) is 9.98. The Bertz CT molecular complexity index is 1110. The highest BCUT2D eigenvalue weighted by Crippen LogP contribution is 2.35. The van der Waals surface area contributed by atoms with Crippen LogP contribution in [-0.4, -0.2) is 65.8 Å². The minimum atomic E-state index is -0.592. The summed E-state index contributed by atoms with van der Waals surface area (Å²) >= 11 is 0. The quantitative estimate of drug-likeness (QED) is 0.400. The molecule has 0 spiro atoms. The van der Waals surface area contributed by atoms with Crippen molar-refractivity contribution in [3.8, 4) is 28.4 Å². The van der Waals surface area contributed by atoms with Crippen LogP contribution in [0.15, 0.2) is 28.8 Å². The summed E-state index contributed by atoms with van der Waals surface area (Å²) in [5, 5.41) is 20.8. The number of hydrogen-bond donors (Lipinski definition) is 3. The first-order valence-corrected chi connectivity index (χ1v) is 12.2.